The van der Waals surface area contributed by atoms with Gasteiger partial charge >= 0.3 is 0 Å². The van der Waals surface area contributed by atoms with Crippen molar-refractivity contribution in [3.05, 3.63) is 11.8 Å². The average molecular weight is 277 g/mol. The standard InChI is InChI=1S/C15H27N5/c1-5-8-16-15-18-9-11(2)14(19-15)17-10-12(3)20(4)13-6-7-13/h9,12-13H,5-8,10H2,1-4H3,(H2,16,17,18,19). The van der Waals surface area contributed by atoms with Gasteiger partial charge in [-0.3, -0.25) is 4.90 Å². The average Bonchev–Trinajstić information content (AvgIpc) is 3.28. The summed E-state index contributed by atoms with van der Waals surface area (Å²) in [5.41, 5.74) is 1.09. The number of likely N-dealkylation sites (N-methyl/N-ethyl adjacent to an activating group) is 1. The number of anilines is 2. The molecule has 5 heteroatoms. The summed E-state index contributed by atoms with van der Waals surface area (Å²) in [5.74, 6) is 1.65. The zero-order chi connectivity index (χ0) is 14.5. The van der Waals surface area contributed by atoms with E-state index in [4.69, 9.17) is 0 Å². The van der Waals surface area contributed by atoms with Gasteiger partial charge in [0.2, 0.25) is 5.95 Å². The third-order valence-electron chi connectivity index (χ3n) is 3.89. The van der Waals surface area contributed by atoms with Gasteiger partial charge in [-0.05, 0) is 40.2 Å². The van der Waals surface area contributed by atoms with Gasteiger partial charge in [0.1, 0.15) is 5.82 Å². The normalized spacial score (nSPS) is 16.2. The molecule has 1 atom stereocenters. The fourth-order valence-corrected chi connectivity index (χ4v) is 2.17. The first-order chi connectivity index (χ1) is 9.61. The molecule has 0 spiro atoms. The summed E-state index contributed by atoms with van der Waals surface area (Å²) in [6, 6.07) is 1.31. The van der Waals surface area contributed by atoms with Crippen molar-refractivity contribution in [1.82, 2.24) is 14.9 Å². The molecule has 1 saturated carbocycles. The fraction of sp³-hybridized carbons (Fsp3) is 0.733. The van der Waals surface area contributed by atoms with Crippen molar-refractivity contribution in [3.8, 4) is 0 Å². The largest absolute Gasteiger partial charge is 0.368 e. The SMILES string of the molecule is CCCNc1ncc(C)c(NCC(C)N(C)C2CC2)n1. The summed E-state index contributed by atoms with van der Waals surface area (Å²) in [7, 11) is 2.21. The Morgan fingerprint density at radius 2 is 2.15 bits per heavy atom. The Morgan fingerprint density at radius 1 is 1.40 bits per heavy atom. The van der Waals surface area contributed by atoms with E-state index >= 15 is 0 Å². The van der Waals surface area contributed by atoms with Crippen LogP contribution in [0.1, 0.15) is 38.7 Å². The molecule has 2 rings (SSSR count). The number of nitrogens with zero attached hydrogens (tertiary/aromatic N) is 3. The minimum Gasteiger partial charge on any atom is -0.368 e. The molecule has 20 heavy (non-hydrogen) atoms. The van der Waals surface area contributed by atoms with Crippen LogP contribution in [0.4, 0.5) is 11.8 Å². The van der Waals surface area contributed by atoms with Gasteiger partial charge in [0, 0.05) is 36.9 Å². The Bertz CT molecular complexity index is 430. The van der Waals surface area contributed by atoms with Crippen molar-refractivity contribution in [2.45, 2.75) is 52.1 Å². The van der Waals surface area contributed by atoms with E-state index in [1.54, 1.807) is 0 Å². The molecule has 5 nitrogen and oxygen atoms in total. The van der Waals surface area contributed by atoms with Crippen LogP contribution in [0.5, 0.6) is 0 Å². The van der Waals surface area contributed by atoms with Crippen molar-refractivity contribution in [3.63, 3.8) is 0 Å². The molecule has 0 radical (unpaired) electrons. The Hall–Kier alpha value is -1.36. The second kappa shape index (κ2) is 6.88. The van der Waals surface area contributed by atoms with Crippen molar-refractivity contribution >= 4 is 11.8 Å². The van der Waals surface area contributed by atoms with Crippen LogP contribution in [0.2, 0.25) is 0 Å². The molecule has 0 bridgehead atoms. The summed E-state index contributed by atoms with van der Waals surface area (Å²) >= 11 is 0. The van der Waals surface area contributed by atoms with Crippen LogP contribution in [0, 0.1) is 6.92 Å². The zero-order valence-electron chi connectivity index (χ0n) is 13.1. The first-order valence-electron chi connectivity index (χ1n) is 7.65. The maximum atomic E-state index is 4.55. The molecule has 112 valence electrons. The van der Waals surface area contributed by atoms with E-state index in [9.17, 15) is 0 Å². The molecule has 0 amide bonds. The number of hydrogen-bond donors (Lipinski definition) is 2. The summed E-state index contributed by atoms with van der Waals surface area (Å²) in [6.45, 7) is 8.26. The highest BCUT2D eigenvalue weighted by molar-refractivity contribution is 5.46. The molecular weight excluding hydrogens is 250 g/mol. The van der Waals surface area contributed by atoms with Crippen LogP contribution in [0.3, 0.4) is 0 Å². The highest BCUT2D eigenvalue weighted by atomic mass is 15.2. The van der Waals surface area contributed by atoms with E-state index in [0.29, 0.717) is 12.0 Å². The van der Waals surface area contributed by atoms with Gasteiger partial charge in [-0.25, -0.2) is 4.98 Å². The number of aromatic nitrogens is 2. The number of nitrogens with one attached hydrogen (secondary N) is 2. The lowest BCUT2D eigenvalue weighted by atomic mass is 10.2. The molecule has 1 unspecified atom stereocenters. The third kappa shape index (κ3) is 4.07. The Morgan fingerprint density at radius 3 is 2.80 bits per heavy atom. The molecule has 0 saturated heterocycles. The van der Waals surface area contributed by atoms with Crippen LogP contribution in [-0.4, -0.2) is 47.1 Å². The smallest absolute Gasteiger partial charge is 0.224 e. The number of aryl methyl sites for hydroxylation is 1. The Labute approximate surface area is 122 Å². The highest BCUT2D eigenvalue weighted by Gasteiger charge is 2.28. The lowest BCUT2D eigenvalue weighted by Crippen LogP contribution is -2.36. The van der Waals surface area contributed by atoms with Crippen LogP contribution in [-0.2, 0) is 0 Å². The Kier molecular flexibility index (Phi) is 5.17. The second-order valence-corrected chi connectivity index (χ2v) is 5.78. The number of rotatable bonds is 8. The molecule has 0 aromatic carbocycles. The topological polar surface area (TPSA) is 53.1 Å². The fourth-order valence-electron chi connectivity index (χ4n) is 2.17. The van der Waals surface area contributed by atoms with Crippen LogP contribution < -0.4 is 10.6 Å². The maximum Gasteiger partial charge on any atom is 0.224 e. The molecule has 1 heterocycles. The van der Waals surface area contributed by atoms with Gasteiger partial charge < -0.3 is 10.6 Å². The lowest BCUT2D eigenvalue weighted by Gasteiger charge is -2.25. The Balaban J connectivity index is 1.90. The number of hydrogen-bond acceptors (Lipinski definition) is 5. The summed E-state index contributed by atoms with van der Waals surface area (Å²) in [6.07, 6.45) is 5.64. The lowest BCUT2D eigenvalue weighted by molar-refractivity contribution is 0.257. The first-order valence-corrected chi connectivity index (χ1v) is 7.65. The van der Waals surface area contributed by atoms with Gasteiger partial charge in [0.05, 0.1) is 0 Å². The molecular formula is C15H27N5. The summed E-state index contributed by atoms with van der Waals surface area (Å²) in [5, 5.41) is 6.69. The molecule has 1 aliphatic carbocycles. The maximum absolute atomic E-state index is 4.55. The van der Waals surface area contributed by atoms with E-state index in [2.05, 4.69) is 46.4 Å². The predicted octanol–water partition coefficient (Wildman–Crippen LogP) is 2.50. The molecule has 1 aliphatic rings. The van der Waals surface area contributed by atoms with E-state index in [1.165, 1.54) is 12.8 Å². The molecule has 0 aliphatic heterocycles. The van der Waals surface area contributed by atoms with E-state index < -0.39 is 0 Å². The van der Waals surface area contributed by atoms with Gasteiger partial charge in [-0.1, -0.05) is 6.92 Å². The minimum atomic E-state index is 0.518. The van der Waals surface area contributed by atoms with Crippen molar-refractivity contribution in [1.29, 1.82) is 0 Å². The van der Waals surface area contributed by atoms with E-state index in [1.807, 2.05) is 13.1 Å². The summed E-state index contributed by atoms with van der Waals surface area (Å²) in [4.78, 5) is 11.3. The summed E-state index contributed by atoms with van der Waals surface area (Å²) < 4.78 is 0. The van der Waals surface area contributed by atoms with Crippen LogP contribution in [0.25, 0.3) is 0 Å². The van der Waals surface area contributed by atoms with Crippen LogP contribution in [0.15, 0.2) is 6.20 Å². The minimum absolute atomic E-state index is 0.518. The van der Waals surface area contributed by atoms with Gasteiger partial charge in [0.15, 0.2) is 0 Å². The van der Waals surface area contributed by atoms with Gasteiger partial charge in [-0.2, -0.15) is 4.98 Å². The predicted molar refractivity (Wildman–Crippen MR) is 84.3 cm³/mol. The molecule has 1 fully saturated rings. The quantitative estimate of drug-likeness (QED) is 0.764. The zero-order valence-corrected chi connectivity index (χ0v) is 13.1. The van der Waals surface area contributed by atoms with Crippen LogP contribution >= 0.6 is 0 Å². The second-order valence-electron chi connectivity index (χ2n) is 5.78. The van der Waals surface area contributed by atoms with Gasteiger partial charge in [0.25, 0.3) is 0 Å². The van der Waals surface area contributed by atoms with E-state index in [0.717, 1.165) is 36.9 Å². The van der Waals surface area contributed by atoms with Gasteiger partial charge in [-0.15, -0.1) is 0 Å². The molecule has 2 N–H and O–H groups in total. The van der Waals surface area contributed by atoms with E-state index in [-0.39, 0.29) is 0 Å². The van der Waals surface area contributed by atoms with Crippen molar-refractivity contribution in [2.75, 3.05) is 30.8 Å². The van der Waals surface area contributed by atoms with Crippen molar-refractivity contribution in [2.24, 2.45) is 0 Å². The monoisotopic (exact) mass is 277 g/mol. The first kappa shape index (κ1) is 15.0. The highest BCUT2D eigenvalue weighted by Crippen LogP contribution is 2.27. The van der Waals surface area contributed by atoms with Crippen molar-refractivity contribution < 1.29 is 0 Å². The third-order valence-corrected chi connectivity index (χ3v) is 3.89. The molecule has 1 aromatic heterocycles. The molecule has 1 aromatic rings.